The first kappa shape index (κ1) is 14.2. The number of rotatable bonds is 4. The largest absolute Gasteiger partial charge is 0.491 e. The zero-order chi connectivity index (χ0) is 14.8. The first-order chi connectivity index (χ1) is 10.2. The Kier molecular flexibility index (Phi) is 4.03. The van der Waals surface area contributed by atoms with Gasteiger partial charge in [-0.05, 0) is 24.5 Å². The molecule has 0 radical (unpaired) electrons. The number of nitrogens with one attached hydrogen (secondary N) is 1. The Morgan fingerprint density at radius 3 is 2.86 bits per heavy atom. The van der Waals surface area contributed by atoms with Gasteiger partial charge in [-0.25, -0.2) is 0 Å². The zero-order valence-corrected chi connectivity index (χ0v) is 13.3. The van der Waals surface area contributed by atoms with E-state index in [1.165, 1.54) is 5.56 Å². The van der Waals surface area contributed by atoms with E-state index >= 15 is 0 Å². The van der Waals surface area contributed by atoms with Gasteiger partial charge in [0.1, 0.15) is 17.3 Å². The Balaban J connectivity index is 1.95. The van der Waals surface area contributed by atoms with E-state index in [1.54, 1.807) is 11.8 Å². The van der Waals surface area contributed by atoms with E-state index in [2.05, 4.69) is 11.4 Å². The lowest BCUT2D eigenvalue weighted by atomic mass is 10.1. The van der Waals surface area contributed by atoms with Crippen LogP contribution in [0.3, 0.4) is 0 Å². The topological polar surface area (TPSA) is 47.3 Å². The maximum atomic E-state index is 5.91. The molecule has 3 N–H and O–H groups in total. The number of fused-ring (bicyclic) bond motifs is 1. The van der Waals surface area contributed by atoms with Crippen LogP contribution in [0.5, 0.6) is 5.75 Å². The quantitative estimate of drug-likeness (QED) is 0.667. The van der Waals surface area contributed by atoms with Gasteiger partial charge in [-0.15, -0.1) is 11.8 Å². The lowest BCUT2D eigenvalue weighted by Crippen LogP contribution is -2.18. The van der Waals surface area contributed by atoms with E-state index in [-0.39, 0.29) is 6.04 Å². The van der Waals surface area contributed by atoms with E-state index < -0.39 is 0 Å². The fourth-order valence-corrected chi connectivity index (χ4v) is 3.47. The van der Waals surface area contributed by atoms with Gasteiger partial charge in [-0.2, -0.15) is 0 Å². The number of thiocarbonyl (C=S) groups is 1. The van der Waals surface area contributed by atoms with Crippen molar-refractivity contribution in [3.05, 3.63) is 53.6 Å². The predicted octanol–water partition coefficient (Wildman–Crippen LogP) is 3.59. The van der Waals surface area contributed by atoms with E-state index in [4.69, 9.17) is 22.7 Å². The number of nitrogens with two attached hydrogens (primary N) is 1. The van der Waals surface area contributed by atoms with Crippen molar-refractivity contribution >= 4 is 34.7 Å². The summed E-state index contributed by atoms with van der Waals surface area (Å²) in [5.41, 5.74) is 8.94. The minimum Gasteiger partial charge on any atom is -0.491 e. The van der Waals surface area contributed by atoms with Crippen LogP contribution in [0.15, 0.2) is 47.4 Å². The monoisotopic (exact) mass is 316 g/mol. The maximum absolute atomic E-state index is 5.91. The Hall–Kier alpha value is -1.72. The van der Waals surface area contributed by atoms with Crippen molar-refractivity contribution in [1.82, 2.24) is 0 Å². The van der Waals surface area contributed by atoms with Crippen LogP contribution >= 0.6 is 24.0 Å². The van der Waals surface area contributed by atoms with Crippen LogP contribution in [0, 0.1) is 0 Å². The molecule has 2 aromatic carbocycles. The summed E-state index contributed by atoms with van der Waals surface area (Å²) in [6.45, 7) is 0.611. The molecule has 108 valence electrons. The summed E-state index contributed by atoms with van der Waals surface area (Å²) in [5, 5.41) is 3.52. The van der Waals surface area contributed by atoms with Gasteiger partial charge in [0.2, 0.25) is 0 Å². The molecule has 2 aromatic rings. The summed E-state index contributed by atoms with van der Waals surface area (Å²) in [6, 6.07) is 14.2. The molecule has 0 aromatic heterocycles. The van der Waals surface area contributed by atoms with Crippen LogP contribution in [0.4, 0.5) is 5.69 Å². The molecule has 1 aliphatic rings. The number of anilines is 1. The fraction of sp³-hybridized carbons (Fsp3) is 0.188. The summed E-state index contributed by atoms with van der Waals surface area (Å²) in [6.07, 6.45) is 2.02. The molecule has 0 amide bonds. The van der Waals surface area contributed by atoms with Crippen LogP contribution in [-0.4, -0.2) is 17.9 Å². The van der Waals surface area contributed by atoms with Crippen molar-refractivity contribution in [2.75, 3.05) is 18.2 Å². The molecule has 0 saturated heterocycles. The molecule has 0 aliphatic carbocycles. The summed E-state index contributed by atoms with van der Waals surface area (Å²) < 4.78 is 5.71. The molecule has 1 unspecified atom stereocenters. The van der Waals surface area contributed by atoms with Gasteiger partial charge in [0.15, 0.2) is 0 Å². The molecule has 0 spiro atoms. The van der Waals surface area contributed by atoms with Crippen LogP contribution < -0.4 is 15.8 Å². The number of hydrogen-bond donors (Lipinski definition) is 2. The summed E-state index contributed by atoms with van der Waals surface area (Å²) in [7, 11) is 0. The second-order valence-electron chi connectivity index (χ2n) is 4.79. The third kappa shape index (κ3) is 2.71. The van der Waals surface area contributed by atoms with Crippen molar-refractivity contribution in [2.45, 2.75) is 10.9 Å². The van der Waals surface area contributed by atoms with E-state index in [9.17, 15) is 0 Å². The second-order valence-corrected chi connectivity index (χ2v) is 6.08. The molecule has 5 heteroatoms. The minimum atomic E-state index is 0.117. The normalized spacial score (nSPS) is 16.1. The molecule has 0 fully saturated rings. The predicted molar refractivity (Wildman–Crippen MR) is 92.4 cm³/mol. The first-order valence-electron chi connectivity index (χ1n) is 6.65. The van der Waals surface area contributed by atoms with Crippen molar-refractivity contribution < 1.29 is 4.74 Å². The van der Waals surface area contributed by atoms with Crippen LogP contribution in [0.2, 0.25) is 0 Å². The molecular weight excluding hydrogens is 300 g/mol. The van der Waals surface area contributed by atoms with Gasteiger partial charge in [0.05, 0.1) is 6.04 Å². The SMILES string of the molecule is CSc1cccc(NC2COc3ccccc32)c1C(N)=S. The minimum absolute atomic E-state index is 0.117. The Morgan fingerprint density at radius 1 is 1.29 bits per heavy atom. The van der Waals surface area contributed by atoms with Crippen molar-refractivity contribution in [2.24, 2.45) is 5.73 Å². The van der Waals surface area contributed by atoms with Crippen molar-refractivity contribution in [1.29, 1.82) is 0 Å². The average Bonchev–Trinajstić information content (AvgIpc) is 2.90. The summed E-state index contributed by atoms with van der Waals surface area (Å²) in [5.74, 6) is 0.938. The van der Waals surface area contributed by atoms with Crippen LogP contribution in [-0.2, 0) is 0 Å². The van der Waals surface area contributed by atoms with Crippen molar-refractivity contribution in [3.8, 4) is 5.75 Å². The van der Waals surface area contributed by atoms with Crippen LogP contribution in [0.25, 0.3) is 0 Å². The number of benzene rings is 2. The van der Waals surface area contributed by atoms with Gasteiger partial charge in [0.25, 0.3) is 0 Å². The molecule has 1 heterocycles. The van der Waals surface area contributed by atoms with Gasteiger partial charge in [-0.1, -0.05) is 36.5 Å². The molecule has 21 heavy (non-hydrogen) atoms. The number of ether oxygens (including phenoxy) is 1. The molecule has 3 nitrogen and oxygen atoms in total. The molecule has 1 aliphatic heterocycles. The lowest BCUT2D eigenvalue weighted by Gasteiger charge is -2.18. The molecule has 1 atom stereocenters. The van der Waals surface area contributed by atoms with Crippen LogP contribution in [0.1, 0.15) is 17.2 Å². The number of para-hydroxylation sites is 1. The van der Waals surface area contributed by atoms with Gasteiger partial charge >= 0.3 is 0 Å². The molecule has 3 rings (SSSR count). The second kappa shape index (κ2) is 5.95. The van der Waals surface area contributed by atoms with Crippen molar-refractivity contribution in [3.63, 3.8) is 0 Å². The van der Waals surface area contributed by atoms with E-state index in [0.29, 0.717) is 11.6 Å². The highest BCUT2D eigenvalue weighted by atomic mass is 32.2. The standard InChI is InChI=1S/C16H16N2OS2/c1-21-14-8-4-6-11(15(14)16(17)20)18-12-9-19-13-7-3-2-5-10(12)13/h2-8,12,18H,9H2,1H3,(H2,17,20). The third-order valence-corrected chi connectivity index (χ3v) is 4.51. The first-order valence-corrected chi connectivity index (χ1v) is 8.29. The summed E-state index contributed by atoms with van der Waals surface area (Å²) >= 11 is 6.86. The van der Waals surface area contributed by atoms with Gasteiger partial charge < -0.3 is 15.8 Å². The Labute approximate surface area is 133 Å². The number of thioether (sulfide) groups is 1. The smallest absolute Gasteiger partial charge is 0.124 e. The third-order valence-electron chi connectivity index (χ3n) is 3.52. The molecule has 0 bridgehead atoms. The Morgan fingerprint density at radius 2 is 2.10 bits per heavy atom. The fourth-order valence-electron chi connectivity index (χ4n) is 2.55. The maximum Gasteiger partial charge on any atom is 0.124 e. The highest BCUT2D eigenvalue weighted by molar-refractivity contribution is 7.98. The average molecular weight is 316 g/mol. The van der Waals surface area contributed by atoms with E-state index in [0.717, 1.165) is 21.9 Å². The van der Waals surface area contributed by atoms with Gasteiger partial charge in [0, 0.05) is 21.7 Å². The van der Waals surface area contributed by atoms with Gasteiger partial charge in [-0.3, -0.25) is 0 Å². The lowest BCUT2D eigenvalue weighted by molar-refractivity contribution is 0.340. The molecular formula is C16H16N2OS2. The summed E-state index contributed by atoms with van der Waals surface area (Å²) in [4.78, 5) is 1.49. The molecule has 0 saturated carbocycles. The van der Waals surface area contributed by atoms with E-state index in [1.807, 2.05) is 42.7 Å². The highest BCUT2D eigenvalue weighted by Gasteiger charge is 2.24. The Bertz CT molecular complexity index is 688. The number of hydrogen-bond acceptors (Lipinski definition) is 4. The highest BCUT2D eigenvalue weighted by Crippen LogP contribution is 2.36. The zero-order valence-electron chi connectivity index (χ0n) is 11.6.